The fourth-order valence-electron chi connectivity index (χ4n) is 0.649. The van der Waals surface area contributed by atoms with Crippen LogP contribution < -0.4 is 0 Å². The molecule has 0 heterocycles. The first-order chi connectivity index (χ1) is 4.86. The van der Waals surface area contributed by atoms with Crippen LogP contribution in [0.25, 0.3) is 0 Å². The zero-order valence-corrected chi connectivity index (χ0v) is 7.29. The number of aliphatic hydroxyl groups is 1. The van der Waals surface area contributed by atoms with E-state index >= 15 is 0 Å². The van der Waals surface area contributed by atoms with Gasteiger partial charge in [0, 0.05) is 6.42 Å². The van der Waals surface area contributed by atoms with Gasteiger partial charge in [0.05, 0.1) is 5.60 Å². The maximum atomic E-state index is 10.2. The van der Waals surface area contributed by atoms with Crippen molar-refractivity contribution in [1.82, 2.24) is 0 Å². The number of hydrogen-bond donors (Lipinski definition) is 2. The van der Waals surface area contributed by atoms with Crippen molar-refractivity contribution in [2.75, 3.05) is 0 Å². The highest BCUT2D eigenvalue weighted by Crippen LogP contribution is 2.21. The second-order valence-electron chi connectivity index (χ2n) is 3.41. The molecule has 1 unspecified atom stereocenters. The van der Waals surface area contributed by atoms with Gasteiger partial charge < -0.3 is 10.2 Å². The third-order valence-electron chi connectivity index (χ3n) is 2.09. The molecule has 11 heavy (non-hydrogen) atoms. The summed E-state index contributed by atoms with van der Waals surface area (Å²) in [5.74, 6) is -0.757. The Morgan fingerprint density at radius 2 is 2.00 bits per heavy atom. The lowest BCUT2D eigenvalue weighted by Gasteiger charge is -2.26. The fourth-order valence-corrected chi connectivity index (χ4v) is 0.649. The summed E-state index contributed by atoms with van der Waals surface area (Å²) in [5, 5.41) is 17.9. The van der Waals surface area contributed by atoms with Crippen LogP contribution in [0.2, 0.25) is 0 Å². The van der Waals surface area contributed by atoms with E-state index in [2.05, 4.69) is 0 Å². The summed E-state index contributed by atoms with van der Waals surface area (Å²) < 4.78 is 0. The highest BCUT2D eigenvalue weighted by molar-refractivity contribution is 5.66. The molecule has 0 aliphatic rings. The predicted octanol–water partition coefficient (Wildman–Crippen LogP) is 1.26. The Morgan fingerprint density at radius 1 is 1.55 bits per heavy atom. The second-order valence-corrected chi connectivity index (χ2v) is 3.41. The fraction of sp³-hybridized carbons (Fsp3) is 0.875. The van der Waals surface area contributed by atoms with Crippen molar-refractivity contribution in [3.05, 3.63) is 0 Å². The van der Waals surface area contributed by atoms with E-state index < -0.39 is 11.6 Å². The highest BCUT2D eigenvalue weighted by Gasteiger charge is 2.25. The molecule has 0 saturated carbocycles. The minimum Gasteiger partial charge on any atom is -0.481 e. The topological polar surface area (TPSA) is 57.5 Å². The van der Waals surface area contributed by atoms with Crippen molar-refractivity contribution < 1.29 is 15.0 Å². The number of rotatable bonds is 4. The number of hydrogen-bond acceptors (Lipinski definition) is 2. The number of carboxylic acids is 1. The van der Waals surface area contributed by atoms with Crippen LogP contribution >= 0.6 is 0 Å². The van der Waals surface area contributed by atoms with Gasteiger partial charge in [0.1, 0.15) is 0 Å². The average Bonchev–Trinajstić information content (AvgIpc) is 1.84. The van der Waals surface area contributed by atoms with E-state index in [0.717, 1.165) is 0 Å². The smallest absolute Gasteiger partial charge is 0.303 e. The Morgan fingerprint density at radius 3 is 2.27 bits per heavy atom. The van der Waals surface area contributed by atoms with Crippen molar-refractivity contribution >= 4 is 5.97 Å². The third-order valence-corrected chi connectivity index (χ3v) is 2.09. The largest absolute Gasteiger partial charge is 0.481 e. The SMILES string of the molecule is CC(C)C(C)(O)CCC(=O)O. The van der Waals surface area contributed by atoms with Gasteiger partial charge in [0.2, 0.25) is 0 Å². The summed E-state index contributed by atoms with van der Waals surface area (Å²) in [4.78, 5) is 10.2. The van der Waals surface area contributed by atoms with E-state index in [1.807, 2.05) is 13.8 Å². The van der Waals surface area contributed by atoms with Crippen LogP contribution in [0.3, 0.4) is 0 Å². The molecule has 0 spiro atoms. The standard InChI is InChI=1S/C8H16O3/c1-6(2)8(3,11)5-4-7(9)10/h6,11H,4-5H2,1-3H3,(H,9,10). The molecule has 0 radical (unpaired) electrons. The second kappa shape index (κ2) is 3.72. The van der Waals surface area contributed by atoms with Crippen molar-refractivity contribution in [2.24, 2.45) is 5.92 Å². The van der Waals surface area contributed by atoms with Gasteiger partial charge in [-0.3, -0.25) is 4.79 Å². The quantitative estimate of drug-likeness (QED) is 0.651. The van der Waals surface area contributed by atoms with E-state index in [1.54, 1.807) is 6.92 Å². The Kier molecular flexibility index (Phi) is 3.52. The normalized spacial score (nSPS) is 16.5. The molecular formula is C8H16O3. The summed E-state index contributed by atoms with van der Waals surface area (Å²) in [6.45, 7) is 5.42. The van der Waals surface area contributed by atoms with Gasteiger partial charge in [0.15, 0.2) is 0 Å². The molecule has 0 aromatic carbocycles. The Hall–Kier alpha value is -0.570. The van der Waals surface area contributed by atoms with Gasteiger partial charge in [-0.2, -0.15) is 0 Å². The highest BCUT2D eigenvalue weighted by atomic mass is 16.4. The summed E-state index contributed by atoms with van der Waals surface area (Å²) in [7, 11) is 0. The van der Waals surface area contributed by atoms with E-state index in [1.165, 1.54) is 0 Å². The summed E-state index contributed by atoms with van der Waals surface area (Å²) in [5.41, 5.74) is -0.849. The van der Waals surface area contributed by atoms with E-state index in [9.17, 15) is 9.90 Å². The van der Waals surface area contributed by atoms with Crippen molar-refractivity contribution in [2.45, 2.75) is 39.2 Å². The molecule has 66 valence electrons. The first-order valence-corrected chi connectivity index (χ1v) is 3.80. The zero-order chi connectivity index (χ0) is 9.07. The first-order valence-electron chi connectivity index (χ1n) is 3.80. The molecular weight excluding hydrogens is 144 g/mol. The monoisotopic (exact) mass is 160 g/mol. The van der Waals surface area contributed by atoms with Crippen LogP contribution in [-0.2, 0) is 4.79 Å². The molecule has 2 N–H and O–H groups in total. The first kappa shape index (κ1) is 10.4. The Labute approximate surface area is 67.0 Å². The maximum absolute atomic E-state index is 10.2. The molecule has 0 saturated heterocycles. The van der Waals surface area contributed by atoms with Crippen LogP contribution in [-0.4, -0.2) is 21.8 Å². The minimum absolute atomic E-state index is 0.0329. The molecule has 0 fully saturated rings. The van der Waals surface area contributed by atoms with Crippen LogP contribution in [0, 0.1) is 5.92 Å². The molecule has 0 amide bonds. The van der Waals surface area contributed by atoms with Crippen molar-refractivity contribution in [1.29, 1.82) is 0 Å². The molecule has 0 bridgehead atoms. The van der Waals surface area contributed by atoms with Crippen LogP contribution in [0.1, 0.15) is 33.6 Å². The molecule has 3 heteroatoms. The lowest BCUT2D eigenvalue weighted by molar-refractivity contribution is -0.138. The van der Waals surface area contributed by atoms with Crippen molar-refractivity contribution in [3.63, 3.8) is 0 Å². The van der Waals surface area contributed by atoms with E-state index in [-0.39, 0.29) is 12.3 Å². The molecule has 1 atom stereocenters. The number of carboxylic acid groups (broad SMARTS) is 1. The third kappa shape index (κ3) is 3.98. The van der Waals surface area contributed by atoms with Gasteiger partial charge >= 0.3 is 5.97 Å². The molecule has 0 aliphatic heterocycles. The molecule has 0 rings (SSSR count). The summed E-state index contributed by atoms with van der Waals surface area (Å²) in [6, 6.07) is 0. The number of aliphatic carboxylic acids is 1. The zero-order valence-electron chi connectivity index (χ0n) is 7.29. The van der Waals surface area contributed by atoms with Crippen LogP contribution in [0.5, 0.6) is 0 Å². The predicted molar refractivity (Wildman–Crippen MR) is 42.3 cm³/mol. The molecule has 0 aromatic rings. The lowest BCUT2D eigenvalue weighted by Crippen LogP contribution is -2.31. The summed E-state index contributed by atoms with van der Waals surface area (Å²) >= 11 is 0. The number of carbonyl (C=O) groups is 1. The molecule has 0 aliphatic carbocycles. The Bertz CT molecular complexity index is 138. The average molecular weight is 160 g/mol. The van der Waals surface area contributed by atoms with Gasteiger partial charge in [-0.15, -0.1) is 0 Å². The lowest BCUT2D eigenvalue weighted by atomic mass is 9.88. The molecule has 0 aromatic heterocycles. The summed E-state index contributed by atoms with van der Waals surface area (Å²) in [6.07, 6.45) is 0.352. The molecule has 3 nitrogen and oxygen atoms in total. The van der Waals surface area contributed by atoms with Gasteiger partial charge in [-0.1, -0.05) is 13.8 Å². The van der Waals surface area contributed by atoms with E-state index in [4.69, 9.17) is 5.11 Å². The van der Waals surface area contributed by atoms with Crippen LogP contribution in [0.15, 0.2) is 0 Å². The van der Waals surface area contributed by atoms with Gasteiger partial charge in [0.25, 0.3) is 0 Å². The Balaban J connectivity index is 3.82. The van der Waals surface area contributed by atoms with E-state index in [0.29, 0.717) is 6.42 Å². The van der Waals surface area contributed by atoms with Crippen molar-refractivity contribution in [3.8, 4) is 0 Å². The minimum atomic E-state index is -0.856. The maximum Gasteiger partial charge on any atom is 0.303 e. The van der Waals surface area contributed by atoms with Gasteiger partial charge in [-0.05, 0) is 19.3 Å². The van der Waals surface area contributed by atoms with Gasteiger partial charge in [-0.25, -0.2) is 0 Å². The van der Waals surface area contributed by atoms with Crippen LogP contribution in [0.4, 0.5) is 0 Å².